The van der Waals surface area contributed by atoms with E-state index in [-0.39, 0.29) is 0 Å². The lowest BCUT2D eigenvalue weighted by Gasteiger charge is -2.13. The lowest BCUT2D eigenvalue weighted by Crippen LogP contribution is -2.29. The summed E-state index contributed by atoms with van der Waals surface area (Å²) in [5, 5.41) is 11.0. The number of nitrogens with one attached hydrogen (secondary N) is 1. The van der Waals surface area contributed by atoms with Crippen molar-refractivity contribution < 1.29 is 19.4 Å². The van der Waals surface area contributed by atoms with Gasteiger partial charge >= 0.3 is 5.97 Å². The summed E-state index contributed by atoms with van der Waals surface area (Å²) in [4.78, 5) is 22.6. The van der Waals surface area contributed by atoms with Crippen molar-refractivity contribution in [3.8, 4) is 16.9 Å². The van der Waals surface area contributed by atoms with Crippen LogP contribution >= 0.6 is 0 Å². The van der Waals surface area contributed by atoms with Crippen LogP contribution in [-0.4, -0.2) is 30.6 Å². The molecule has 2 rings (SSSR count). The first kappa shape index (κ1) is 14.6. The minimum Gasteiger partial charge on any atom is -0.495 e. The van der Waals surface area contributed by atoms with Gasteiger partial charge in [0.1, 0.15) is 12.3 Å². The molecule has 0 aliphatic heterocycles. The SMILES string of the molecule is COc1c(C(=O)NCC(=O)O)cccc1-c1ccccc1. The lowest BCUT2D eigenvalue weighted by molar-refractivity contribution is -0.135. The van der Waals surface area contributed by atoms with E-state index in [1.165, 1.54) is 7.11 Å². The van der Waals surface area contributed by atoms with Crippen LogP contribution in [0, 0.1) is 0 Å². The molecule has 0 saturated heterocycles. The first-order valence-electron chi connectivity index (χ1n) is 6.36. The van der Waals surface area contributed by atoms with Crippen LogP contribution in [0.15, 0.2) is 48.5 Å². The number of methoxy groups -OCH3 is 1. The second kappa shape index (κ2) is 6.56. The summed E-state index contributed by atoms with van der Waals surface area (Å²) < 4.78 is 5.35. The van der Waals surface area contributed by atoms with Gasteiger partial charge in [-0.25, -0.2) is 0 Å². The molecule has 21 heavy (non-hydrogen) atoms. The molecule has 0 unspecified atom stereocenters. The third-order valence-electron chi connectivity index (χ3n) is 2.95. The average molecular weight is 285 g/mol. The van der Waals surface area contributed by atoms with Gasteiger partial charge in [0.25, 0.3) is 5.91 Å². The summed E-state index contributed by atoms with van der Waals surface area (Å²) in [6.45, 7) is -0.433. The highest BCUT2D eigenvalue weighted by molar-refractivity contribution is 6.00. The largest absolute Gasteiger partial charge is 0.495 e. The van der Waals surface area contributed by atoms with Gasteiger partial charge in [0, 0.05) is 5.56 Å². The number of hydrogen-bond donors (Lipinski definition) is 2. The number of carboxylic acids is 1. The minimum atomic E-state index is -1.10. The zero-order valence-corrected chi connectivity index (χ0v) is 11.5. The molecule has 0 spiro atoms. The van der Waals surface area contributed by atoms with E-state index >= 15 is 0 Å². The van der Waals surface area contributed by atoms with Crippen LogP contribution in [0.5, 0.6) is 5.75 Å². The highest BCUT2D eigenvalue weighted by Gasteiger charge is 2.16. The second-order valence-corrected chi connectivity index (χ2v) is 4.33. The molecule has 0 atom stereocenters. The molecule has 5 nitrogen and oxygen atoms in total. The van der Waals surface area contributed by atoms with Gasteiger partial charge in [0.15, 0.2) is 0 Å². The van der Waals surface area contributed by atoms with E-state index in [9.17, 15) is 9.59 Å². The smallest absolute Gasteiger partial charge is 0.322 e. The van der Waals surface area contributed by atoms with Crippen molar-refractivity contribution in [1.29, 1.82) is 0 Å². The van der Waals surface area contributed by atoms with Gasteiger partial charge in [-0.05, 0) is 11.6 Å². The fraction of sp³-hybridized carbons (Fsp3) is 0.125. The Labute approximate surface area is 122 Å². The maximum absolute atomic E-state index is 12.1. The predicted octanol–water partition coefficient (Wildman–Crippen LogP) is 2.18. The predicted molar refractivity (Wildman–Crippen MR) is 78.4 cm³/mol. The Morgan fingerprint density at radius 1 is 1.10 bits per heavy atom. The Morgan fingerprint density at radius 3 is 2.43 bits per heavy atom. The molecule has 1 amide bonds. The van der Waals surface area contributed by atoms with Crippen molar-refractivity contribution in [2.24, 2.45) is 0 Å². The summed E-state index contributed by atoms with van der Waals surface area (Å²) in [5.41, 5.74) is 2.00. The Hall–Kier alpha value is -2.82. The number of carbonyl (C=O) groups is 2. The van der Waals surface area contributed by atoms with Crippen LogP contribution in [0.3, 0.4) is 0 Å². The third-order valence-corrected chi connectivity index (χ3v) is 2.95. The summed E-state index contributed by atoms with van der Waals surface area (Å²) in [6, 6.07) is 14.7. The minimum absolute atomic E-state index is 0.306. The first-order chi connectivity index (χ1) is 10.1. The monoisotopic (exact) mass is 285 g/mol. The number of carbonyl (C=O) groups excluding carboxylic acids is 1. The van der Waals surface area contributed by atoms with Gasteiger partial charge in [-0.1, -0.05) is 42.5 Å². The molecular weight excluding hydrogens is 270 g/mol. The van der Waals surface area contributed by atoms with E-state index in [2.05, 4.69) is 5.32 Å². The number of para-hydroxylation sites is 1. The zero-order chi connectivity index (χ0) is 15.2. The van der Waals surface area contributed by atoms with Crippen LogP contribution in [-0.2, 0) is 4.79 Å². The third kappa shape index (κ3) is 3.39. The lowest BCUT2D eigenvalue weighted by atomic mass is 10.0. The Balaban J connectivity index is 2.40. The topological polar surface area (TPSA) is 75.6 Å². The Morgan fingerprint density at radius 2 is 1.81 bits per heavy atom. The van der Waals surface area contributed by atoms with Gasteiger partial charge < -0.3 is 15.2 Å². The van der Waals surface area contributed by atoms with Crippen molar-refractivity contribution in [1.82, 2.24) is 5.32 Å². The molecule has 5 heteroatoms. The summed E-state index contributed by atoms with van der Waals surface area (Å²) in [7, 11) is 1.48. The number of aliphatic carboxylic acids is 1. The van der Waals surface area contributed by atoms with E-state index in [0.717, 1.165) is 11.1 Å². The first-order valence-corrected chi connectivity index (χ1v) is 6.36. The maximum atomic E-state index is 12.1. The molecule has 0 aromatic heterocycles. The molecule has 0 fully saturated rings. The molecule has 2 aromatic rings. The molecule has 2 aromatic carbocycles. The molecule has 0 bridgehead atoms. The Bertz CT molecular complexity index is 653. The Kier molecular flexibility index (Phi) is 4.56. The van der Waals surface area contributed by atoms with E-state index in [1.54, 1.807) is 12.1 Å². The highest BCUT2D eigenvalue weighted by Crippen LogP contribution is 2.32. The van der Waals surface area contributed by atoms with E-state index in [4.69, 9.17) is 9.84 Å². The van der Waals surface area contributed by atoms with Crippen LogP contribution in [0.25, 0.3) is 11.1 Å². The van der Waals surface area contributed by atoms with E-state index in [0.29, 0.717) is 11.3 Å². The van der Waals surface area contributed by atoms with E-state index < -0.39 is 18.4 Å². The van der Waals surface area contributed by atoms with Gasteiger partial charge in [-0.2, -0.15) is 0 Å². The van der Waals surface area contributed by atoms with Crippen LogP contribution in [0.2, 0.25) is 0 Å². The van der Waals surface area contributed by atoms with Crippen molar-refractivity contribution >= 4 is 11.9 Å². The number of hydrogen-bond acceptors (Lipinski definition) is 3. The van der Waals surface area contributed by atoms with Gasteiger partial charge in [-0.15, -0.1) is 0 Å². The fourth-order valence-corrected chi connectivity index (χ4v) is 2.03. The summed E-state index contributed by atoms with van der Waals surface area (Å²) >= 11 is 0. The number of benzene rings is 2. The van der Waals surface area contributed by atoms with Crippen molar-refractivity contribution in [3.63, 3.8) is 0 Å². The maximum Gasteiger partial charge on any atom is 0.322 e. The fourth-order valence-electron chi connectivity index (χ4n) is 2.03. The van der Waals surface area contributed by atoms with Crippen LogP contribution in [0.4, 0.5) is 0 Å². The van der Waals surface area contributed by atoms with Crippen LogP contribution in [0.1, 0.15) is 10.4 Å². The molecule has 0 radical (unpaired) electrons. The molecule has 0 aliphatic carbocycles. The second-order valence-electron chi connectivity index (χ2n) is 4.33. The summed E-state index contributed by atoms with van der Waals surface area (Å²) in [6.07, 6.45) is 0. The van der Waals surface area contributed by atoms with Crippen molar-refractivity contribution in [2.75, 3.05) is 13.7 Å². The van der Waals surface area contributed by atoms with Gasteiger partial charge in [-0.3, -0.25) is 9.59 Å². The quantitative estimate of drug-likeness (QED) is 0.883. The molecule has 0 aliphatic rings. The molecule has 0 heterocycles. The average Bonchev–Trinajstić information content (AvgIpc) is 2.52. The number of rotatable bonds is 5. The van der Waals surface area contributed by atoms with Gasteiger partial charge in [0.2, 0.25) is 0 Å². The molecule has 0 saturated carbocycles. The van der Waals surface area contributed by atoms with Crippen molar-refractivity contribution in [3.05, 3.63) is 54.1 Å². The highest BCUT2D eigenvalue weighted by atomic mass is 16.5. The van der Waals surface area contributed by atoms with Gasteiger partial charge in [0.05, 0.1) is 12.7 Å². The molecular formula is C16H15NO4. The van der Waals surface area contributed by atoms with E-state index in [1.807, 2.05) is 36.4 Å². The summed E-state index contributed by atoms with van der Waals surface area (Å²) in [5.74, 6) is -1.15. The number of amides is 1. The molecule has 108 valence electrons. The normalized spacial score (nSPS) is 9.95. The van der Waals surface area contributed by atoms with Crippen molar-refractivity contribution in [2.45, 2.75) is 0 Å². The number of ether oxygens (including phenoxy) is 1. The number of carboxylic acid groups (broad SMARTS) is 1. The zero-order valence-electron chi connectivity index (χ0n) is 11.5. The standard InChI is InChI=1S/C16H15NO4/c1-21-15-12(11-6-3-2-4-7-11)8-5-9-13(15)16(20)17-10-14(18)19/h2-9H,10H2,1H3,(H,17,20)(H,18,19). The molecule has 2 N–H and O–H groups in total. The van der Waals surface area contributed by atoms with Crippen LogP contribution < -0.4 is 10.1 Å².